The second-order valence-corrected chi connectivity index (χ2v) is 6.30. The van der Waals surface area contributed by atoms with Gasteiger partial charge in [-0.05, 0) is 30.5 Å². The summed E-state index contributed by atoms with van der Waals surface area (Å²) in [6.45, 7) is 6.59. The molecule has 0 N–H and O–H groups in total. The Kier molecular flexibility index (Phi) is 6.34. The Morgan fingerprint density at radius 1 is 1.19 bits per heavy atom. The second kappa shape index (κ2) is 8.02. The minimum Gasteiger partial charge on any atom is -0.340 e. The van der Waals surface area contributed by atoms with Crippen LogP contribution in [-0.2, 0) is 11.2 Å². The first-order valence-corrected chi connectivity index (χ1v) is 8.30. The number of hydrogen-bond acceptors (Lipinski definition) is 2. The molecule has 21 heavy (non-hydrogen) atoms. The summed E-state index contributed by atoms with van der Waals surface area (Å²) in [5.74, 6) is 0.290. The average Bonchev–Trinajstić information content (AvgIpc) is 2.47. The van der Waals surface area contributed by atoms with E-state index in [-0.39, 0.29) is 5.91 Å². The molecule has 0 atom stereocenters. The van der Waals surface area contributed by atoms with Crippen molar-refractivity contribution in [2.45, 2.75) is 26.2 Å². The van der Waals surface area contributed by atoms with Gasteiger partial charge in [-0.3, -0.25) is 9.69 Å². The summed E-state index contributed by atoms with van der Waals surface area (Å²) in [6, 6.07) is 5.66. The molecule has 2 rings (SSSR count). The number of hydrogen-bond donors (Lipinski definition) is 0. The Bertz CT molecular complexity index is 485. The van der Waals surface area contributed by atoms with Gasteiger partial charge in [-0.25, -0.2) is 0 Å². The molecule has 0 unspecified atom stereocenters. The molecule has 1 aromatic carbocycles. The smallest absolute Gasteiger partial charge is 0.222 e. The van der Waals surface area contributed by atoms with Crippen LogP contribution in [0.15, 0.2) is 18.2 Å². The molecule has 0 aromatic heterocycles. The molecule has 1 aromatic rings. The summed E-state index contributed by atoms with van der Waals surface area (Å²) in [5.41, 5.74) is 1.13. The molecule has 116 valence electrons. The van der Waals surface area contributed by atoms with E-state index in [1.54, 1.807) is 6.07 Å². The first kappa shape index (κ1) is 16.6. The highest BCUT2D eigenvalue weighted by Gasteiger charge is 2.20. The Hall–Kier alpha value is -0.770. The van der Waals surface area contributed by atoms with Crippen molar-refractivity contribution in [3.63, 3.8) is 0 Å². The molecule has 0 saturated carbocycles. The Balaban J connectivity index is 1.77. The van der Waals surface area contributed by atoms with Gasteiger partial charge in [0.1, 0.15) is 0 Å². The minimum atomic E-state index is 0.290. The van der Waals surface area contributed by atoms with Crippen LogP contribution in [0.5, 0.6) is 0 Å². The van der Waals surface area contributed by atoms with Crippen LogP contribution in [0.2, 0.25) is 10.0 Å². The zero-order chi connectivity index (χ0) is 15.2. The SMILES string of the molecule is CCCC(=O)N1CCN(CCc2ccc(Cl)cc2Cl)CC1. The Morgan fingerprint density at radius 3 is 2.52 bits per heavy atom. The summed E-state index contributed by atoms with van der Waals surface area (Å²) in [5, 5.41) is 1.41. The molecule has 1 amide bonds. The number of rotatable bonds is 5. The minimum absolute atomic E-state index is 0.290. The van der Waals surface area contributed by atoms with Crippen LogP contribution in [0.25, 0.3) is 0 Å². The van der Waals surface area contributed by atoms with Gasteiger partial charge in [0, 0.05) is 49.2 Å². The van der Waals surface area contributed by atoms with Gasteiger partial charge < -0.3 is 4.90 Å². The van der Waals surface area contributed by atoms with E-state index in [4.69, 9.17) is 23.2 Å². The number of benzene rings is 1. The second-order valence-electron chi connectivity index (χ2n) is 5.46. The largest absolute Gasteiger partial charge is 0.340 e. The highest BCUT2D eigenvalue weighted by molar-refractivity contribution is 6.35. The molecule has 0 bridgehead atoms. The maximum Gasteiger partial charge on any atom is 0.222 e. The predicted molar refractivity (Wildman–Crippen MR) is 88.1 cm³/mol. The van der Waals surface area contributed by atoms with Gasteiger partial charge in [0.25, 0.3) is 0 Å². The molecule has 1 aliphatic rings. The number of nitrogens with zero attached hydrogens (tertiary/aromatic N) is 2. The van der Waals surface area contributed by atoms with E-state index in [0.717, 1.165) is 56.2 Å². The predicted octanol–water partition coefficient (Wildman–Crippen LogP) is 3.48. The van der Waals surface area contributed by atoms with Crippen LogP contribution >= 0.6 is 23.2 Å². The van der Waals surface area contributed by atoms with Gasteiger partial charge in [-0.15, -0.1) is 0 Å². The third-order valence-corrected chi connectivity index (χ3v) is 4.49. The monoisotopic (exact) mass is 328 g/mol. The summed E-state index contributed by atoms with van der Waals surface area (Å²) in [7, 11) is 0. The zero-order valence-electron chi connectivity index (χ0n) is 12.4. The van der Waals surface area contributed by atoms with Crippen molar-refractivity contribution in [1.29, 1.82) is 0 Å². The van der Waals surface area contributed by atoms with E-state index in [2.05, 4.69) is 4.90 Å². The molecule has 1 heterocycles. The van der Waals surface area contributed by atoms with Crippen molar-refractivity contribution in [2.75, 3.05) is 32.7 Å². The quantitative estimate of drug-likeness (QED) is 0.826. The molecule has 5 heteroatoms. The van der Waals surface area contributed by atoms with Crippen LogP contribution in [0.4, 0.5) is 0 Å². The van der Waals surface area contributed by atoms with Crippen molar-refractivity contribution >= 4 is 29.1 Å². The van der Waals surface area contributed by atoms with Crippen LogP contribution in [0.3, 0.4) is 0 Å². The first-order chi connectivity index (χ1) is 10.1. The number of piperazine rings is 1. The van der Waals surface area contributed by atoms with Gasteiger partial charge in [0.05, 0.1) is 0 Å². The van der Waals surface area contributed by atoms with Crippen LogP contribution in [-0.4, -0.2) is 48.4 Å². The fourth-order valence-corrected chi connectivity index (χ4v) is 3.10. The Labute approximate surface area is 136 Å². The van der Waals surface area contributed by atoms with E-state index < -0.39 is 0 Å². The molecule has 0 radical (unpaired) electrons. The molecule has 3 nitrogen and oxygen atoms in total. The first-order valence-electron chi connectivity index (χ1n) is 7.54. The number of carbonyl (C=O) groups is 1. The van der Waals surface area contributed by atoms with Crippen molar-refractivity contribution in [2.24, 2.45) is 0 Å². The Morgan fingerprint density at radius 2 is 1.90 bits per heavy atom. The molecular weight excluding hydrogens is 307 g/mol. The van der Waals surface area contributed by atoms with Crippen molar-refractivity contribution in [3.8, 4) is 0 Å². The standard InChI is InChI=1S/C16H22Cl2N2O/c1-2-3-16(21)20-10-8-19(9-11-20)7-6-13-4-5-14(17)12-15(13)18/h4-5,12H,2-3,6-11H2,1H3. The lowest BCUT2D eigenvalue weighted by Crippen LogP contribution is -2.49. The summed E-state index contributed by atoms with van der Waals surface area (Å²) in [6.07, 6.45) is 2.51. The molecule has 1 aliphatic heterocycles. The average molecular weight is 329 g/mol. The van der Waals surface area contributed by atoms with Crippen molar-refractivity contribution < 1.29 is 4.79 Å². The topological polar surface area (TPSA) is 23.6 Å². The molecule has 1 saturated heterocycles. The normalized spacial score (nSPS) is 16.2. The van der Waals surface area contributed by atoms with Crippen molar-refractivity contribution in [1.82, 2.24) is 9.80 Å². The van der Waals surface area contributed by atoms with Crippen molar-refractivity contribution in [3.05, 3.63) is 33.8 Å². The fraction of sp³-hybridized carbons (Fsp3) is 0.562. The van der Waals surface area contributed by atoms with E-state index >= 15 is 0 Å². The van der Waals surface area contributed by atoms with Gasteiger partial charge in [0.15, 0.2) is 0 Å². The summed E-state index contributed by atoms with van der Waals surface area (Å²) < 4.78 is 0. The summed E-state index contributed by atoms with van der Waals surface area (Å²) in [4.78, 5) is 16.2. The maximum absolute atomic E-state index is 11.8. The fourth-order valence-electron chi connectivity index (χ4n) is 2.60. The molecule has 0 aliphatic carbocycles. The van der Waals surface area contributed by atoms with E-state index in [0.29, 0.717) is 11.4 Å². The third kappa shape index (κ3) is 4.87. The van der Waals surface area contributed by atoms with Crippen LogP contribution in [0, 0.1) is 0 Å². The van der Waals surface area contributed by atoms with E-state index in [1.165, 1.54) is 0 Å². The van der Waals surface area contributed by atoms with E-state index in [1.807, 2.05) is 24.0 Å². The lowest BCUT2D eigenvalue weighted by atomic mass is 10.1. The molecule has 0 spiro atoms. The van der Waals surface area contributed by atoms with Gasteiger partial charge >= 0.3 is 0 Å². The van der Waals surface area contributed by atoms with Crippen LogP contribution < -0.4 is 0 Å². The zero-order valence-corrected chi connectivity index (χ0v) is 14.0. The highest BCUT2D eigenvalue weighted by atomic mass is 35.5. The lowest BCUT2D eigenvalue weighted by Gasteiger charge is -2.34. The van der Waals surface area contributed by atoms with Gasteiger partial charge in [-0.2, -0.15) is 0 Å². The van der Waals surface area contributed by atoms with Gasteiger partial charge in [-0.1, -0.05) is 36.2 Å². The summed E-state index contributed by atoms with van der Waals surface area (Å²) >= 11 is 12.1. The van der Waals surface area contributed by atoms with Crippen LogP contribution in [0.1, 0.15) is 25.3 Å². The third-order valence-electron chi connectivity index (χ3n) is 3.90. The number of amides is 1. The van der Waals surface area contributed by atoms with E-state index in [9.17, 15) is 4.79 Å². The molecule has 1 fully saturated rings. The highest BCUT2D eigenvalue weighted by Crippen LogP contribution is 2.21. The number of halogens is 2. The van der Waals surface area contributed by atoms with Gasteiger partial charge in [0.2, 0.25) is 5.91 Å². The maximum atomic E-state index is 11.8. The lowest BCUT2D eigenvalue weighted by molar-refractivity contribution is -0.132. The number of carbonyl (C=O) groups excluding carboxylic acids is 1. The molecular formula is C16H22Cl2N2O.